The molecule has 0 aromatic carbocycles. The van der Waals surface area contributed by atoms with Gasteiger partial charge in [-0.05, 0) is 34.5 Å². The van der Waals surface area contributed by atoms with Crippen molar-refractivity contribution in [1.29, 1.82) is 0 Å². The van der Waals surface area contributed by atoms with Gasteiger partial charge in [-0.1, -0.05) is 0 Å². The Hall–Kier alpha value is -1.11. The van der Waals surface area contributed by atoms with E-state index in [1.54, 1.807) is 6.92 Å². The summed E-state index contributed by atoms with van der Waals surface area (Å²) in [6.45, 7) is 1.72. The fraction of sp³-hybridized carbons (Fsp3) is 0.333. The number of anilines is 1. The largest absolute Gasteiger partial charge is 0.397 e. The van der Waals surface area contributed by atoms with E-state index in [-0.39, 0.29) is 5.69 Å². The van der Waals surface area contributed by atoms with Crippen molar-refractivity contribution in [1.82, 2.24) is 4.98 Å². The molecule has 0 saturated carbocycles. The normalized spacial score (nSPS) is 11.3. The molecule has 0 fully saturated rings. The van der Waals surface area contributed by atoms with Crippen molar-refractivity contribution in [2.45, 2.75) is 19.5 Å². The van der Waals surface area contributed by atoms with Crippen LogP contribution in [0.4, 0.5) is 18.9 Å². The number of aryl methyl sites for hydroxylation is 1. The molecule has 0 aliphatic rings. The minimum absolute atomic E-state index is 0.245. The lowest BCUT2D eigenvalue weighted by molar-refractivity contribution is -0.150. The molecule has 0 atom stereocenters. The summed E-state index contributed by atoms with van der Waals surface area (Å²) in [5.41, 5.74) is 0.972. The fourth-order valence-corrected chi connectivity index (χ4v) is 1.23. The first-order chi connectivity index (χ1) is 7.28. The van der Waals surface area contributed by atoms with Gasteiger partial charge < -0.3 is 5.32 Å². The lowest BCUT2D eigenvalue weighted by Crippen LogP contribution is -2.21. The molecule has 1 N–H and O–H groups in total. The van der Waals surface area contributed by atoms with Gasteiger partial charge in [0.15, 0.2) is 0 Å². The second kappa shape index (κ2) is 4.82. The minimum Gasteiger partial charge on any atom is -0.324 e. The standard InChI is InChI=1S/C9H8BrF3N2O/c1-5-2-6(4-14-8(5)10)15-7(16)3-9(11,12)13/h2,4H,3H2,1H3,(H,15,16). The minimum atomic E-state index is -4.50. The second-order valence-electron chi connectivity index (χ2n) is 3.17. The molecule has 3 nitrogen and oxygen atoms in total. The molecule has 0 saturated heterocycles. The van der Waals surface area contributed by atoms with Gasteiger partial charge in [0.05, 0.1) is 11.9 Å². The van der Waals surface area contributed by atoms with E-state index in [2.05, 4.69) is 26.2 Å². The number of hydrogen-bond acceptors (Lipinski definition) is 2. The monoisotopic (exact) mass is 296 g/mol. The van der Waals surface area contributed by atoms with Crippen LogP contribution in [0, 0.1) is 6.92 Å². The highest BCUT2D eigenvalue weighted by molar-refractivity contribution is 9.10. The molecular formula is C9H8BrF3N2O. The molecule has 16 heavy (non-hydrogen) atoms. The Morgan fingerprint density at radius 3 is 2.69 bits per heavy atom. The number of amides is 1. The maximum absolute atomic E-state index is 11.9. The number of pyridine rings is 1. The Balaban J connectivity index is 2.67. The summed E-state index contributed by atoms with van der Waals surface area (Å²) in [5.74, 6) is -1.10. The molecule has 0 aliphatic heterocycles. The number of hydrogen-bond donors (Lipinski definition) is 1. The van der Waals surface area contributed by atoms with E-state index >= 15 is 0 Å². The molecule has 0 aliphatic carbocycles. The zero-order valence-electron chi connectivity index (χ0n) is 8.23. The van der Waals surface area contributed by atoms with Crippen LogP contribution >= 0.6 is 15.9 Å². The lowest BCUT2D eigenvalue weighted by Gasteiger charge is -2.08. The molecule has 0 bridgehead atoms. The molecule has 0 spiro atoms. The van der Waals surface area contributed by atoms with Crippen LogP contribution in [0.1, 0.15) is 12.0 Å². The number of rotatable bonds is 2. The topological polar surface area (TPSA) is 42.0 Å². The SMILES string of the molecule is Cc1cc(NC(=O)CC(F)(F)F)cnc1Br. The van der Waals surface area contributed by atoms with E-state index in [0.717, 1.165) is 5.56 Å². The van der Waals surface area contributed by atoms with Crippen LogP contribution in [-0.2, 0) is 4.79 Å². The van der Waals surface area contributed by atoms with E-state index in [1.807, 2.05) is 0 Å². The molecule has 0 unspecified atom stereocenters. The van der Waals surface area contributed by atoms with Crippen molar-refractivity contribution >= 4 is 27.5 Å². The van der Waals surface area contributed by atoms with Gasteiger partial charge in [0.25, 0.3) is 0 Å². The van der Waals surface area contributed by atoms with Gasteiger partial charge in [0.2, 0.25) is 5.91 Å². The number of alkyl halides is 3. The van der Waals surface area contributed by atoms with E-state index in [1.165, 1.54) is 12.3 Å². The highest BCUT2D eigenvalue weighted by atomic mass is 79.9. The van der Waals surface area contributed by atoms with Gasteiger partial charge >= 0.3 is 6.18 Å². The molecule has 1 amide bonds. The first-order valence-corrected chi connectivity index (χ1v) is 5.06. The van der Waals surface area contributed by atoms with Gasteiger partial charge in [-0.2, -0.15) is 13.2 Å². The van der Waals surface area contributed by atoms with Crippen LogP contribution in [0.2, 0.25) is 0 Å². The summed E-state index contributed by atoms with van der Waals surface area (Å²) in [6, 6.07) is 1.53. The summed E-state index contributed by atoms with van der Waals surface area (Å²) >= 11 is 3.14. The number of aromatic nitrogens is 1. The Bertz CT molecular complexity index is 406. The van der Waals surface area contributed by atoms with Crippen molar-refractivity contribution in [3.05, 3.63) is 22.4 Å². The number of halogens is 4. The molecular weight excluding hydrogens is 289 g/mol. The van der Waals surface area contributed by atoms with Gasteiger partial charge in [-0.25, -0.2) is 4.98 Å². The highest BCUT2D eigenvalue weighted by Gasteiger charge is 2.31. The van der Waals surface area contributed by atoms with Gasteiger partial charge in [0, 0.05) is 0 Å². The predicted octanol–water partition coefficient (Wildman–Crippen LogP) is 3.04. The van der Waals surface area contributed by atoms with Gasteiger partial charge in [-0.3, -0.25) is 4.79 Å². The van der Waals surface area contributed by atoms with Crippen molar-refractivity contribution in [3.63, 3.8) is 0 Å². The van der Waals surface area contributed by atoms with Gasteiger partial charge in [-0.15, -0.1) is 0 Å². The quantitative estimate of drug-likeness (QED) is 0.853. The Morgan fingerprint density at radius 1 is 1.56 bits per heavy atom. The maximum Gasteiger partial charge on any atom is 0.397 e. The summed E-state index contributed by atoms with van der Waals surface area (Å²) < 4.78 is 36.2. The zero-order valence-corrected chi connectivity index (χ0v) is 9.82. The van der Waals surface area contributed by atoms with Crippen LogP contribution in [0.3, 0.4) is 0 Å². The van der Waals surface area contributed by atoms with Crippen molar-refractivity contribution in [2.24, 2.45) is 0 Å². The predicted molar refractivity (Wildman–Crippen MR) is 56.0 cm³/mol. The van der Waals surface area contributed by atoms with E-state index in [9.17, 15) is 18.0 Å². The van der Waals surface area contributed by atoms with Crippen LogP contribution in [-0.4, -0.2) is 17.1 Å². The number of carbonyl (C=O) groups excluding carboxylic acids is 1. The Labute approximate surface area is 98.2 Å². The smallest absolute Gasteiger partial charge is 0.324 e. The maximum atomic E-state index is 11.9. The first kappa shape index (κ1) is 13.0. The molecule has 1 aromatic heterocycles. The van der Waals surface area contributed by atoms with Crippen LogP contribution in [0.15, 0.2) is 16.9 Å². The Kier molecular flexibility index (Phi) is 3.90. The van der Waals surface area contributed by atoms with E-state index in [4.69, 9.17) is 0 Å². The third-order valence-corrected chi connectivity index (χ3v) is 2.49. The highest BCUT2D eigenvalue weighted by Crippen LogP contribution is 2.21. The molecule has 0 radical (unpaired) electrons. The molecule has 88 valence electrons. The number of carbonyl (C=O) groups is 1. The van der Waals surface area contributed by atoms with Gasteiger partial charge in [0.1, 0.15) is 11.0 Å². The van der Waals surface area contributed by atoms with Crippen molar-refractivity contribution in [3.8, 4) is 0 Å². The van der Waals surface area contributed by atoms with E-state index in [0.29, 0.717) is 4.60 Å². The third kappa shape index (κ3) is 4.18. The third-order valence-electron chi connectivity index (χ3n) is 1.66. The van der Waals surface area contributed by atoms with Crippen LogP contribution < -0.4 is 5.32 Å². The summed E-state index contributed by atoms with van der Waals surface area (Å²) in [7, 11) is 0. The van der Waals surface area contributed by atoms with Crippen LogP contribution in [0.25, 0.3) is 0 Å². The van der Waals surface area contributed by atoms with Crippen LogP contribution in [0.5, 0.6) is 0 Å². The molecule has 1 aromatic rings. The van der Waals surface area contributed by atoms with E-state index < -0.39 is 18.5 Å². The lowest BCUT2D eigenvalue weighted by atomic mass is 10.3. The molecule has 1 rings (SSSR count). The molecule has 1 heterocycles. The number of nitrogens with one attached hydrogen (secondary N) is 1. The second-order valence-corrected chi connectivity index (χ2v) is 3.92. The zero-order chi connectivity index (χ0) is 12.3. The summed E-state index contributed by atoms with van der Waals surface area (Å²) in [4.78, 5) is 14.8. The first-order valence-electron chi connectivity index (χ1n) is 4.26. The average molecular weight is 297 g/mol. The molecule has 7 heteroatoms. The summed E-state index contributed by atoms with van der Waals surface area (Å²) in [6.07, 6.45) is -4.71. The number of nitrogens with zero attached hydrogens (tertiary/aromatic N) is 1. The fourth-order valence-electron chi connectivity index (χ4n) is 1.01. The summed E-state index contributed by atoms with van der Waals surface area (Å²) in [5, 5.41) is 2.12. The Morgan fingerprint density at radius 2 is 2.19 bits per heavy atom. The van der Waals surface area contributed by atoms with Crippen molar-refractivity contribution < 1.29 is 18.0 Å². The average Bonchev–Trinajstić information content (AvgIpc) is 2.08. The van der Waals surface area contributed by atoms with Crippen molar-refractivity contribution in [2.75, 3.05) is 5.32 Å².